The normalized spacial score (nSPS) is 19.6. The molecule has 1 N–H and O–H groups in total. The minimum Gasteiger partial charge on any atom is -0.481 e. The minimum absolute atomic E-state index is 0.0480. The Labute approximate surface area is 124 Å². The summed E-state index contributed by atoms with van der Waals surface area (Å²) < 4.78 is 5.05. The Bertz CT molecular complexity index is 543. The number of nitrogens with zero attached hydrogens (tertiary/aromatic N) is 2. The van der Waals surface area contributed by atoms with Gasteiger partial charge in [0.1, 0.15) is 11.3 Å². The topological polar surface area (TPSA) is 83.6 Å². The fourth-order valence-electron chi connectivity index (χ4n) is 2.87. The largest absolute Gasteiger partial charge is 0.481 e. The summed E-state index contributed by atoms with van der Waals surface area (Å²) >= 11 is 0. The predicted octanol–water partition coefficient (Wildman–Crippen LogP) is 2.25. The highest BCUT2D eigenvalue weighted by atomic mass is 16.5. The Balaban J connectivity index is 2.19. The first kappa shape index (κ1) is 15.5. The third-order valence-electron chi connectivity index (χ3n) is 4.53. The van der Waals surface area contributed by atoms with Gasteiger partial charge in [-0.3, -0.25) is 9.59 Å². The molecule has 0 bridgehead atoms. The highest BCUT2D eigenvalue weighted by Gasteiger charge is 2.40. The molecule has 1 aliphatic rings. The van der Waals surface area contributed by atoms with Crippen LogP contribution in [0.25, 0.3) is 0 Å². The summed E-state index contributed by atoms with van der Waals surface area (Å²) in [5.74, 6) is -0.471. The number of carboxylic acid groups (broad SMARTS) is 1. The third-order valence-corrected chi connectivity index (χ3v) is 4.53. The molecule has 0 aliphatic carbocycles. The molecular weight excluding hydrogens is 272 g/mol. The van der Waals surface area contributed by atoms with Crippen molar-refractivity contribution in [3.63, 3.8) is 0 Å². The number of carbonyl (C=O) groups is 2. The Morgan fingerprint density at radius 2 is 2.05 bits per heavy atom. The number of carbonyl (C=O) groups excluding carboxylic acids is 1. The maximum absolute atomic E-state index is 12.6. The van der Waals surface area contributed by atoms with E-state index in [9.17, 15) is 14.7 Å². The molecule has 1 saturated heterocycles. The van der Waals surface area contributed by atoms with Crippen molar-refractivity contribution in [1.29, 1.82) is 0 Å². The lowest BCUT2D eigenvalue weighted by Gasteiger charge is -2.39. The van der Waals surface area contributed by atoms with E-state index in [0.717, 1.165) is 12.8 Å². The van der Waals surface area contributed by atoms with Gasteiger partial charge >= 0.3 is 5.97 Å². The van der Waals surface area contributed by atoms with Crippen LogP contribution >= 0.6 is 0 Å². The van der Waals surface area contributed by atoms with Crippen molar-refractivity contribution >= 4 is 11.9 Å². The van der Waals surface area contributed by atoms with Crippen molar-refractivity contribution in [2.24, 2.45) is 11.3 Å². The molecule has 2 heterocycles. The third kappa shape index (κ3) is 2.80. The van der Waals surface area contributed by atoms with Crippen molar-refractivity contribution in [3.05, 3.63) is 17.0 Å². The first-order chi connectivity index (χ1) is 9.75. The molecule has 0 radical (unpaired) electrons. The molecule has 0 saturated carbocycles. The SMILES string of the molecule is Cc1noc(C)c1C(=O)N1CCCC(C(C)(C)C(=O)O)C1. The molecule has 6 nitrogen and oxygen atoms in total. The highest BCUT2D eigenvalue weighted by Crippen LogP contribution is 2.34. The maximum Gasteiger partial charge on any atom is 0.309 e. The van der Waals surface area contributed by atoms with E-state index in [1.165, 1.54) is 0 Å². The van der Waals surface area contributed by atoms with Gasteiger partial charge in [0, 0.05) is 13.1 Å². The molecule has 0 spiro atoms. The van der Waals surface area contributed by atoms with E-state index in [2.05, 4.69) is 5.16 Å². The van der Waals surface area contributed by atoms with Gasteiger partial charge in [0.15, 0.2) is 0 Å². The summed E-state index contributed by atoms with van der Waals surface area (Å²) in [4.78, 5) is 25.8. The molecular formula is C15H22N2O4. The zero-order valence-electron chi connectivity index (χ0n) is 13.0. The molecule has 2 rings (SSSR count). The number of rotatable bonds is 3. The van der Waals surface area contributed by atoms with Gasteiger partial charge in [0.25, 0.3) is 5.91 Å². The molecule has 1 aromatic rings. The quantitative estimate of drug-likeness (QED) is 0.924. The van der Waals surface area contributed by atoms with Crippen molar-refractivity contribution < 1.29 is 19.2 Å². The lowest BCUT2D eigenvalue weighted by Crippen LogP contribution is -2.47. The Kier molecular flexibility index (Phi) is 4.07. The Morgan fingerprint density at radius 3 is 2.57 bits per heavy atom. The number of hydrogen-bond donors (Lipinski definition) is 1. The Hall–Kier alpha value is -1.85. The lowest BCUT2D eigenvalue weighted by molar-refractivity contribution is -0.151. The van der Waals surface area contributed by atoms with Crippen LogP contribution in [0.4, 0.5) is 0 Å². The van der Waals surface area contributed by atoms with Crippen LogP contribution < -0.4 is 0 Å². The van der Waals surface area contributed by atoms with Gasteiger partial charge in [-0.15, -0.1) is 0 Å². The van der Waals surface area contributed by atoms with Crippen LogP contribution in [0.15, 0.2) is 4.52 Å². The number of amides is 1. The first-order valence-corrected chi connectivity index (χ1v) is 7.20. The summed E-state index contributed by atoms with van der Waals surface area (Å²) in [6.45, 7) is 8.02. The van der Waals surface area contributed by atoms with E-state index < -0.39 is 11.4 Å². The van der Waals surface area contributed by atoms with Gasteiger partial charge in [-0.2, -0.15) is 0 Å². The highest BCUT2D eigenvalue weighted by molar-refractivity contribution is 5.96. The maximum atomic E-state index is 12.6. The van der Waals surface area contributed by atoms with E-state index >= 15 is 0 Å². The molecule has 1 atom stereocenters. The number of carboxylic acids is 1. The fraction of sp³-hybridized carbons (Fsp3) is 0.667. The second kappa shape index (κ2) is 5.50. The molecule has 116 valence electrons. The molecule has 1 fully saturated rings. The van der Waals surface area contributed by atoms with Crippen molar-refractivity contribution in [1.82, 2.24) is 10.1 Å². The number of likely N-dealkylation sites (tertiary alicyclic amines) is 1. The summed E-state index contributed by atoms with van der Waals surface area (Å²) in [6, 6.07) is 0. The van der Waals surface area contributed by atoms with Crippen molar-refractivity contribution in [3.8, 4) is 0 Å². The average molecular weight is 294 g/mol. The van der Waals surface area contributed by atoms with Gasteiger partial charge < -0.3 is 14.5 Å². The van der Waals surface area contributed by atoms with E-state index in [1.54, 1.807) is 32.6 Å². The smallest absolute Gasteiger partial charge is 0.309 e. The monoisotopic (exact) mass is 294 g/mol. The Morgan fingerprint density at radius 1 is 1.38 bits per heavy atom. The minimum atomic E-state index is -0.836. The van der Waals surface area contributed by atoms with Gasteiger partial charge in [-0.1, -0.05) is 5.16 Å². The molecule has 1 aromatic heterocycles. The second-order valence-corrected chi connectivity index (χ2v) is 6.32. The molecule has 0 aromatic carbocycles. The van der Waals surface area contributed by atoms with Crippen LogP contribution in [0.5, 0.6) is 0 Å². The van der Waals surface area contributed by atoms with Crippen LogP contribution in [0, 0.1) is 25.2 Å². The van der Waals surface area contributed by atoms with E-state index in [1.807, 2.05) is 0 Å². The first-order valence-electron chi connectivity index (χ1n) is 7.20. The molecule has 1 amide bonds. The van der Waals surface area contributed by atoms with Crippen molar-refractivity contribution in [2.45, 2.75) is 40.5 Å². The summed E-state index contributed by atoms with van der Waals surface area (Å²) in [5.41, 5.74) is 0.249. The molecule has 21 heavy (non-hydrogen) atoms. The van der Waals surface area contributed by atoms with Crippen molar-refractivity contribution in [2.75, 3.05) is 13.1 Å². The zero-order valence-corrected chi connectivity index (χ0v) is 13.0. The zero-order chi connectivity index (χ0) is 15.8. The van der Waals surface area contributed by atoms with Gasteiger partial charge in [0.2, 0.25) is 0 Å². The number of aryl methyl sites for hydroxylation is 2. The van der Waals surface area contributed by atoms with Gasteiger partial charge in [-0.25, -0.2) is 0 Å². The predicted molar refractivity (Wildman–Crippen MR) is 76.0 cm³/mol. The van der Waals surface area contributed by atoms with E-state index in [0.29, 0.717) is 30.1 Å². The summed E-state index contributed by atoms with van der Waals surface area (Å²) in [5, 5.41) is 13.2. The van der Waals surface area contributed by atoms with Crippen LogP contribution in [0.3, 0.4) is 0 Å². The molecule has 1 aliphatic heterocycles. The van der Waals surface area contributed by atoms with Gasteiger partial charge in [0.05, 0.1) is 11.1 Å². The van der Waals surface area contributed by atoms with E-state index in [4.69, 9.17) is 4.52 Å². The van der Waals surface area contributed by atoms with Crippen LogP contribution in [-0.4, -0.2) is 40.1 Å². The average Bonchev–Trinajstić information content (AvgIpc) is 2.77. The summed E-state index contributed by atoms with van der Waals surface area (Å²) in [7, 11) is 0. The fourth-order valence-corrected chi connectivity index (χ4v) is 2.87. The number of aliphatic carboxylic acids is 1. The van der Waals surface area contributed by atoms with Crippen LogP contribution in [0.2, 0.25) is 0 Å². The van der Waals surface area contributed by atoms with Crippen LogP contribution in [-0.2, 0) is 4.79 Å². The number of piperidine rings is 1. The second-order valence-electron chi connectivity index (χ2n) is 6.32. The lowest BCUT2D eigenvalue weighted by atomic mass is 9.74. The van der Waals surface area contributed by atoms with Gasteiger partial charge in [-0.05, 0) is 46.5 Å². The van der Waals surface area contributed by atoms with Crippen LogP contribution in [0.1, 0.15) is 48.5 Å². The molecule has 1 unspecified atom stereocenters. The van der Waals surface area contributed by atoms with E-state index in [-0.39, 0.29) is 11.8 Å². The number of hydrogen-bond acceptors (Lipinski definition) is 4. The number of aromatic nitrogens is 1. The summed E-state index contributed by atoms with van der Waals surface area (Å²) in [6.07, 6.45) is 1.64. The molecule has 6 heteroatoms. The standard InChI is InChI=1S/C15H22N2O4/c1-9-12(10(2)21-16-9)13(18)17-7-5-6-11(8-17)15(3,4)14(19)20/h11H,5-8H2,1-4H3,(H,19,20).